The summed E-state index contributed by atoms with van der Waals surface area (Å²) in [7, 11) is 0. The van der Waals surface area contributed by atoms with E-state index in [0.29, 0.717) is 11.6 Å². The van der Waals surface area contributed by atoms with Crippen molar-refractivity contribution < 1.29 is 38.8 Å². The number of aryl methyl sites for hydroxylation is 1. The molecule has 2 aromatic carbocycles. The van der Waals surface area contributed by atoms with E-state index in [0.717, 1.165) is 93.1 Å². The Morgan fingerprint density at radius 2 is 1.60 bits per heavy atom. The summed E-state index contributed by atoms with van der Waals surface area (Å²) in [5.74, 6) is 1.85. The number of ketones is 1. The SMILES string of the molecule is CCC(C)(CC)C(=O)/C=C(\O)C(C)(CC)CC.Cc1coc2nc(-c3[c-]c4ncccc4c(C(C)(C)C)c3)cc(-c3ccc4cc(CC(C)C)oc4c3)c12.[Ir]. The van der Waals surface area contributed by atoms with Gasteiger partial charge in [0, 0.05) is 60.4 Å². The molecule has 0 bridgehead atoms. The first-order chi connectivity index (χ1) is 25.5. The van der Waals surface area contributed by atoms with Gasteiger partial charge in [0.2, 0.25) is 5.71 Å². The molecule has 0 amide bonds. The van der Waals surface area contributed by atoms with Crippen molar-refractivity contribution in [2.45, 2.75) is 121 Å². The maximum atomic E-state index is 12.2. The molecule has 0 spiro atoms. The zero-order valence-electron chi connectivity index (χ0n) is 34.9. The van der Waals surface area contributed by atoms with Gasteiger partial charge in [-0.25, -0.2) is 0 Å². The minimum Gasteiger partial charge on any atom is -0.512 e. The van der Waals surface area contributed by atoms with Crippen LogP contribution in [0.3, 0.4) is 0 Å². The smallest absolute Gasteiger partial charge is 0.217 e. The summed E-state index contributed by atoms with van der Waals surface area (Å²) < 4.78 is 12.2. The number of benzene rings is 2. The fraction of sp³-hybridized carbons (Fsp3) is 0.438. The molecule has 0 saturated carbocycles. The van der Waals surface area contributed by atoms with E-state index in [9.17, 15) is 9.90 Å². The first-order valence-electron chi connectivity index (χ1n) is 19.7. The van der Waals surface area contributed by atoms with Crippen molar-refractivity contribution in [2.75, 3.05) is 0 Å². The minimum absolute atomic E-state index is 0. The predicted molar refractivity (Wildman–Crippen MR) is 224 cm³/mol. The van der Waals surface area contributed by atoms with E-state index in [1.165, 1.54) is 11.6 Å². The topological polar surface area (TPSA) is 89.4 Å². The summed E-state index contributed by atoms with van der Waals surface area (Å²) in [5, 5.41) is 13.4. The maximum Gasteiger partial charge on any atom is 0.217 e. The van der Waals surface area contributed by atoms with Gasteiger partial charge < -0.3 is 13.9 Å². The van der Waals surface area contributed by atoms with Gasteiger partial charge in [0.15, 0.2) is 5.78 Å². The van der Waals surface area contributed by atoms with E-state index in [1.54, 1.807) is 6.26 Å². The number of nitrogens with zero attached hydrogens (tertiary/aromatic N) is 2. The molecule has 0 atom stereocenters. The molecule has 0 aliphatic rings. The van der Waals surface area contributed by atoms with Gasteiger partial charge in [-0.15, -0.1) is 23.3 Å². The number of furan rings is 2. The van der Waals surface area contributed by atoms with E-state index in [4.69, 9.17) is 13.8 Å². The van der Waals surface area contributed by atoms with Crippen LogP contribution >= 0.6 is 0 Å². The van der Waals surface area contributed by atoms with E-state index in [2.05, 4.69) is 95.1 Å². The molecule has 295 valence electrons. The molecular formula is C48H59IrN2O4-. The van der Waals surface area contributed by atoms with Crippen LogP contribution in [-0.2, 0) is 36.7 Å². The van der Waals surface area contributed by atoms with Gasteiger partial charge in [-0.2, -0.15) is 0 Å². The van der Waals surface area contributed by atoms with Crippen molar-refractivity contribution in [3.8, 4) is 22.4 Å². The van der Waals surface area contributed by atoms with Gasteiger partial charge in [0.05, 0.1) is 6.26 Å². The molecule has 0 fully saturated rings. The van der Waals surface area contributed by atoms with Crippen molar-refractivity contribution >= 4 is 38.8 Å². The number of allylic oxidation sites excluding steroid dienone is 2. The third kappa shape index (κ3) is 9.33. The fourth-order valence-electron chi connectivity index (χ4n) is 6.86. The van der Waals surface area contributed by atoms with Gasteiger partial charge in [0.1, 0.15) is 17.1 Å². The Labute approximate surface area is 341 Å². The van der Waals surface area contributed by atoms with Crippen LogP contribution in [0.15, 0.2) is 81.7 Å². The molecule has 1 N–H and O–H groups in total. The molecule has 1 radical (unpaired) electrons. The molecular weight excluding hydrogens is 861 g/mol. The Kier molecular flexibility index (Phi) is 13.8. The van der Waals surface area contributed by atoms with E-state index < -0.39 is 0 Å². The van der Waals surface area contributed by atoms with E-state index >= 15 is 0 Å². The first kappa shape index (κ1) is 43.7. The van der Waals surface area contributed by atoms with Gasteiger partial charge in [-0.1, -0.05) is 112 Å². The predicted octanol–water partition coefficient (Wildman–Crippen LogP) is 13.7. The first-order valence-corrected chi connectivity index (χ1v) is 19.7. The standard InChI is InChI=1S/C33H31N2O2.C15H28O2.Ir/c1-19(2)12-24-13-22-10-9-21(16-30(22)37-24)26-17-28(35-32-31(26)20(3)18-36-32)23-14-27(33(4,5)6)25-8-7-11-34-29(25)15-23;1-7-14(5,8-2)12(16)11-13(17)15(6,9-3)10-4;/h7-11,13-14,16-19H,12H2,1-6H3;11,16H,7-10H2,1-6H3;/q-1;;/b;12-11-;. The van der Waals surface area contributed by atoms with E-state index in [-0.39, 0.29) is 47.9 Å². The molecule has 0 aliphatic carbocycles. The molecule has 6 aromatic rings. The summed E-state index contributed by atoms with van der Waals surface area (Å²) >= 11 is 0. The number of aliphatic hydroxyl groups excluding tert-OH is 1. The third-order valence-electron chi connectivity index (χ3n) is 11.5. The number of rotatable bonds is 11. The average Bonchev–Trinajstić information content (AvgIpc) is 3.74. The van der Waals surface area contributed by atoms with Gasteiger partial charge >= 0.3 is 0 Å². The van der Waals surface area contributed by atoms with E-state index in [1.807, 2.05) is 53.8 Å². The quantitative estimate of drug-likeness (QED) is 0.0791. The van der Waals surface area contributed by atoms with Crippen molar-refractivity contribution in [1.82, 2.24) is 9.97 Å². The Bertz CT molecular complexity index is 2290. The van der Waals surface area contributed by atoms with Crippen LogP contribution in [0.2, 0.25) is 0 Å². The van der Waals surface area contributed by atoms with Crippen molar-refractivity contribution in [3.05, 3.63) is 95.8 Å². The van der Waals surface area contributed by atoms with Crippen LogP contribution in [0.5, 0.6) is 0 Å². The van der Waals surface area contributed by atoms with Crippen LogP contribution in [0.1, 0.15) is 119 Å². The second-order valence-electron chi connectivity index (χ2n) is 16.9. The number of hydrogen-bond acceptors (Lipinski definition) is 6. The monoisotopic (exact) mass is 920 g/mol. The minimum atomic E-state index is -0.337. The second-order valence-corrected chi connectivity index (χ2v) is 16.9. The number of pyridine rings is 2. The average molecular weight is 920 g/mol. The van der Waals surface area contributed by atoms with Crippen molar-refractivity contribution in [1.29, 1.82) is 0 Å². The Hall–Kier alpha value is -4.06. The Morgan fingerprint density at radius 3 is 2.22 bits per heavy atom. The number of fused-ring (bicyclic) bond motifs is 3. The fourth-order valence-corrected chi connectivity index (χ4v) is 6.86. The zero-order chi connectivity index (χ0) is 39.6. The van der Waals surface area contributed by atoms with Crippen LogP contribution in [0.25, 0.3) is 55.4 Å². The molecule has 55 heavy (non-hydrogen) atoms. The number of aromatic nitrogens is 2. The molecule has 0 saturated heterocycles. The van der Waals surface area contributed by atoms with Gasteiger partial charge in [-0.05, 0) is 84.0 Å². The molecule has 7 heteroatoms. The Balaban J connectivity index is 0.000000320. The molecule has 4 heterocycles. The number of hydrogen-bond donors (Lipinski definition) is 1. The largest absolute Gasteiger partial charge is 0.512 e. The van der Waals surface area contributed by atoms with Crippen LogP contribution in [0.4, 0.5) is 0 Å². The second kappa shape index (κ2) is 17.4. The summed E-state index contributed by atoms with van der Waals surface area (Å²) in [5.41, 5.74) is 7.86. The summed E-state index contributed by atoms with van der Waals surface area (Å²) in [6.45, 7) is 25.2. The summed E-state index contributed by atoms with van der Waals surface area (Å²) in [6.07, 6.45) is 9.28. The molecule has 4 aromatic heterocycles. The van der Waals surface area contributed by atoms with Crippen LogP contribution < -0.4 is 0 Å². The van der Waals surface area contributed by atoms with Crippen LogP contribution in [0, 0.1) is 29.7 Å². The molecule has 6 nitrogen and oxygen atoms in total. The number of carbonyl (C=O) groups excluding carboxylic acids is 1. The normalized spacial score (nSPS) is 12.6. The number of aliphatic hydroxyl groups is 1. The molecule has 6 rings (SSSR count). The van der Waals surface area contributed by atoms with Crippen LogP contribution in [-0.4, -0.2) is 20.9 Å². The molecule has 0 aliphatic heterocycles. The molecule has 0 unspecified atom stereocenters. The van der Waals surface area contributed by atoms with Crippen molar-refractivity contribution in [3.63, 3.8) is 0 Å². The van der Waals surface area contributed by atoms with Gasteiger partial charge in [0.25, 0.3) is 0 Å². The number of carbonyl (C=O) groups is 1. The van der Waals surface area contributed by atoms with Gasteiger partial charge in [-0.3, -0.25) is 14.8 Å². The summed E-state index contributed by atoms with van der Waals surface area (Å²) in [6, 6.07) is 20.6. The Morgan fingerprint density at radius 1 is 0.927 bits per heavy atom. The van der Waals surface area contributed by atoms with Crippen molar-refractivity contribution in [2.24, 2.45) is 16.7 Å². The zero-order valence-corrected chi connectivity index (χ0v) is 37.3. The summed E-state index contributed by atoms with van der Waals surface area (Å²) in [4.78, 5) is 21.7. The third-order valence-corrected chi connectivity index (χ3v) is 11.5. The maximum absolute atomic E-state index is 12.2.